The second-order valence-electron chi connectivity index (χ2n) is 6.27. The molecule has 2 aliphatic rings. The van der Waals surface area contributed by atoms with Crippen LogP contribution >= 0.6 is 0 Å². The Kier molecular flexibility index (Phi) is 4.43. The van der Waals surface area contributed by atoms with E-state index >= 15 is 0 Å². The van der Waals surface area contributed by atoms with Crippen LogP contribution in [-0.2, 0) is 12.7 Å². The molecule has 0 unspecified atom stereocenters. The van der Waals surface area contributed by atoms with E-state index < -0.39 is 17.8 Å². The molecule has 0 amide bonds. The number of hydrogen-bond acceptors (Lipinski definition) is 3. The maximum Gasteiger partial charge on any atom is 0.416 e. The van der Waals surface area contributed by atoms with Gasteiger partial charge >= 0.3 is 6.18 Å². The summed E-state index contributed by atoms with van der Waals surface area (Å²) in [6.45, 7) is 3.72. The second-order valence-corrected chi connectivity index (χ2v) is 6.27. The normalized spacial score (nSPS) is 27.6. The number of rotatable bonds is 3. The standard InChI is InChI=1S/C16H21F3N2O/c17-16(18,19)13-5-3-4-12(8-13)9-20-10-14(15(22)11-20)21-6-1-2-7-21/h3-5,8,14-15,22H,1-2,6-7,9-11H2/t14-,15-/m0/s1. The summed E-state index contributed by atoms with van der Waals surface area (Å²) >= 11 is 0. The minimum atomic E-state index is -4.31. The third-order valence-electron chi connectivity index (χ3n) is 4.60. The first-order chi connectivity index (χ1) is 10.4. The fourth-order valence-corrected chi connectivity index (χ4v) is 3.51. The average Bonchev–Trinajstić information content (AvgIpc) is 3.07. The smallest absolute Gasteiger partial charge is 0.390 e. The molecule has 3 rings (SSSR count). The molecule has 1 N–H and O–H groups in total. The molecule has 2 saturated heterocycles. The van der Waals surface area contributed by atoms with Crippen LogP contribution in [0.25, 0.3) is 0 Å². The van der Waals surface area contributed by atoms with Crippen LogP contribution in [0.1, 0.15) is 24.0 Å². The van der Waals surface area contributed by atoms with Crippen molar-refractivity contribution in [3.05, 3.63) is 35.4 Å². The summed E-state index contributed by atoms with van der Waals surface area (Å²) in [6.07, 6.45) is -2.39. The zero-order valence-corrected chi connectivity index (χ0v) is 12.4. The SMILES string of the molecule is O[C@H]1CN(Cc2cccc(C(F)(F)F)c2)C[C@@H]1N1CCCC1. The summed E-state index contributed by atoms with van der Waals surface area (Å²) in [6, 6.07) is 5.58. The van der Waals surface area contributed by atoms with E-state index in [0.717, 1.165) is 38.5 Å². The topological polar surface area (TPSA) is 26.7 Å². The van der Waals surface area contributed by atoms with E-state index in [-0.39, 0.29) is 6.04 Å². The quantitative estimate of drug-likeness (QED) is 0.928. The molecule has 2 aliphatic heterocycles. The van der Waals surface area contributed by atoms with Crippen molar-refractivity contribution in [2.45, 2.75) is 37.7 Å². The molecule has 0 spiro atoms. The van der Waals surface area contributed by atoms with Gasteiger partial charge in [0.2, 0.25) is 0 Å². The van der Waals surface area contributed by atoms with Crippen LogP contribution < -0.4 is 0 Å². The Bertz CT molecular complexity index is 514. The molecule has 1 aromatic carbocycles. The Balaban J connectivity index is 1.64. The second kappa shape index (κ2) is 6.18. The number of benzene rings is 1. The molecule has 22 heavy (non-hydrogen) atoms. The lowest BCUT2D eigenvalue weighted by Crippen LogP contribution is -2.41. The van der Waals surface area contributed by atoms with Gasteiger partial charge in [-0.05, 0) is 37.6 Å². The van der Waals surface area contributed by atoms with Gasteiger partial charge in [-0.3, -0.25) is 9.80 Å². The van der Waals surface area contributed by atoms with Gasteiger partial charge in [0.05, 0.1) is 11.7 Å². The molecule has 122 valence electrons. The van der Waals surface area contributed by atoms with Gasteiger partial charge in [0.15, 0.2) is 0 Å². The molecule has 0 aromatic heterocycles. The average molecular weight is 314 g/mol. The Morgan fingerprint density at radius 1 is 1.14 bits per heavy atom. The van der Waals surface area contributed by atoms with Crippen molar-refractivity contribution in [1.82, 2.24) is 9.80 Å². The summed E-state index contributed by atoms with van der Waals surface area (Å²) < 4.78 is 38.2. The lowest BCUT2D eigenvalue weighted by Gasteiger charge is -2.25. The van der Waals surface area contributed by atoms with Gasteiger partial charge in [-0.2, -0.15) is 13.2 Å². The van der Waals surface area contributed by atoms with Crippen LogP contribution in [0.5, 0.6) is 0 Å². The van der Waals surface area contributed by atoms with E-state index in [9.17, 15) is 18.3 Å². The Morgan fingerprint density at radius 3 is 2.55 bits per heavy atom. The number of alkyl halides is 3. The number of aliphatic hydroxyl groups is 1. The van der Waals surface area contributed by atoms with Crippen molar-refractivity contribution in [1.29, 1.82) is 0 Å². The molecule has 1 aromatic rings. The highest BCUT2D eigenvalue weighted by atomic mass is 19.4. The van der Waals surface area contributed by atoms with Crippen molar-refractivity contribution < 1.29 is 18.3 Å². The zero-order valence-electron chi connectivity index (χ0n) is 12.4. The predicted octanol–water partition coefficient (Wildman–Crippen LogP) is 2.35. The minimum absolute atomic E-state index is 0.119. The number of likely N-dealkylation sites (tertiary alicyclic amines) is 2. The summed E-state index contributed by atoms with van der Waals surface area (Å²) in [5, 5.41) is 10.2. The first-order valence-electron chi connectivity index (χ1n) is 7.74. The van der Waals surface area contributed by atoms with Crippen molar-refractivity contribution in [3.8, 4) is 0 Å². The number of nitrogens with zero attached hydrogens (tertiary/aromatic N) is 2. The van der Waals surface area contributed by atoms with Gasteiger partial charge in [0.25, 0.3) is 0 Å². The highest BCUT2D eigenvalue weighted by Crippen LogP contribution is 2.30. The van der Waals surface area contributed by atoms with Crippen LogP contribution in [0, 0.1) is 0 Å². The first kappa shape index (κ1) is 15.8. The summed E-state index contributed by atoms with van der Waals surface area (Å²) in [7, 11) is 0. The molecule has 6 heteroatoms. The largest absolute Gasteiger partial charge is 0.416 e. The van der Waals surface area contributed by atoms with Crippen LogP contribution in [-0.4, -0.2) is 53.2 Å². The van der Waals surface area contributed by atoms with E-state index in [1.54, 1.807) is 6.07 Å². The third-order valence-corrected chi connectivity index (χ3v) is 4.60. The zero-order chi connectivity index (χ0) is 15.7. The van der Waals surface area contributed by atoms with Crippen molar-refractivity contribution >= 4 is 0 Å². The fourth-order valence-electron chi connectivity index (χ4n) is 3.51. The Hall–Kier alpha value is -1.11. The highest BCUT2D eigenvalue weighted by molar-refractivity contribution is 5.25. The fraction of sp³-hybridized carbons (Fsp3) is 0.625. The van der Waals surface area contributed by atoms with Crippen LogP contribution in [0.2, 0.25) is 0 Å². The van der Waals surface area contributed by atoms with Gasteiger partial charge in [0.1, 0.15) is 0 Å². The lowest BCUT2D eigenvalue weighted by atomic mass is 10.1. The molecule has 3 nitrogen and oxygen atoms in total. The summed E-state index contributed by atoms with van der Waals surface area (Å²) in [4.78, 5) is 4.35. The number of hydrogen-bond donors (Lipinski definition) is 1. The van der Waals surface area contributed by atoms with Crippen LogP contribution in [0.4, 0.5) is 13.2 Å². The van der Waals surface area contributed by atoms with E-state index in [1.165, 1.54) is 12.1 Å². The first-order valence-corrected chi connectivity index (χ1v) is 7.74. The maximum atomic E-state index is 12.7. The maximum absolute atomic E-state index is 12.7. The van der Waals surface area contributed by atoms with Gasteiger partial charge < -0.3 is 5.11 Å². The van der Waals surface area contributed by atoms with Crippen molar-refractivity contribution in [2.75, 3.05) is 26.2 Å². The lowest BCUT2D eigenvalue weighted by molar-refractivity contribution is -0.137. The molecule has 2 heterocycles. The van der Waals surface area contributed by atoms with E-state index in [4.69, 9.17) is 0 Å². The van der Waals surface area contributed by atoms with Gasteiger partial charge in [-0.25, -0.2) is 0 Å². The molecule has 0 saturated carbocycles. The Labute approximate surface area is 128 Å². The molecule has 2 atom stereocenters. The molecule has 0 aliphatic carbocycles. The minimum Gasteiger partial charge on any atom is -0.390 e. The van der Waals surface area contributed by atoms with Crippen LogP contribution in [0.15, 0.2) is 24.3 Å². The monoisotopic (exact) mass is 314 g/mol. The number of halogens is 3. The molecular weight excluding hydrogens is 293 g/mol. The number of β-amino-alcohol motifs (C(OH)–C–C–N with tert-alkyl or cyclic N) is 1. The van der Waals surface area contributed by atoms with E-state index in [2.05, 4.69) is 4.90 Å². The summed E-state index contributed by atoms with van der Waals surface area (Å²) in [5.74, 6) is 0. The van der Waals surface area contributed by atoms with Crippen molar-refractivity contribution in [3.63, 3.8) is 0 Å². The van der Waals surface area contributed by atoms with Crippen LogP contribution in [0.3, 0.4) is 0 Å². The van der Waals surface area contributed by atoms with Gasteiger partial charge in [-0.1, -0.05) is 18.2 Å². The molecule has 0 radical (unpaired) electrons. The van der Waals surface area contributed by atoms with Crippen molar-refractivity contribution in [2.24, 2.45) is 0 Å². The van der Waals surface area contributed by atoms with E-state index in [0.29, 0.717) is 18.7 Å². The van der Waals surface area contributed by atoms with Gasteiger partial charge in [-0.15, -0.1) is 0 Å². The number of aliphatic hydroxyl groups excluding tert-OH is 1. The molecule has 2 fully saturated rings. The van der Waals surface area contributed by atoms with E-state index in [1.807, 2.05) is 4.90 Å². The molecule has 0 bridgehead atoms. The Morgan fingerprint density at radius 2 is 1.86 bits per heavy atom. The predicted molar refractivity (Wildman–Crippen MR) is 77.3 cm³/mol. The molecular formula is C16H21F3N2O. The third kappa shape index (κ3) is 3.45. The highest BCUT2D eigenvalue weighted by Gasteiger charge is 2.36. The summed E-state index contributed by atoms with van der Waals surface area (Å²) in [5.41, 5.74) is 0.0323. The van der Waals surface area contributed by atoms with Gasteiger partial charge in [0, 0.05) is 25.7 Å².